The van der Waals surface area contributed by atoms with Gasteiger partial charge in [-0.15, -0.1) is 0 Å². The molecular weight excluding hydrogens is 236 g/mol. The average molecular weight is 248 g/mol. The average Bonchev–Trinajstić information content (AvgIpc) is 2.31. The van der Waals surface area contributed by atoms with Crippen molar-refractivity contribution in [1.29, 1.82) is 0 Å². The summed E-state index contributed by atoms with van der Waals surface area (Å²) in [5, 5.41) is 19.0. The number of hydrogen-bond acceptors (Lipinski definition) is 5. The summed E-state index contributed by atoms with van der Waals surface area (Å²) in [7, 11) is 0. The number of rotatable bonds is 2. The molecule has 0 aliphatic heterocycles. The fraction of sp³-hybridized carbons (Fsp3) is 0. The van der Waals surface area contributed by atoms with Crippen LogP contribution in [0.2, 0.25) is 0 Å². The predicted octanol–water partition coefficient (Wildman–Crippen LogP) is 2.41. The second-order valence-corrected chi connectivity index (χ2v) is 4.56. The Morgan fingerprint density at radius 1 is 0.765 bits per heavy atom. The number of phenolic OH excluding ortho intramolecular Hbond substituents is 2. The fourth-order valence-electron chi connectivity index (χ4n) is 1.36. The summed E-state index contributed by atoms with van der Waals surface area (Å²) in [6.45, 7) is 0. The second kappa shape index (κ2) is 4.47. The number of phenols is 2. The number of hydrogen-bond donors (Lipinski definition) is 4. The summed E-state index contributed by atoms with van der Waals surface area (Å²) in [5.41, 5.74) is 12.1. The molecule has 0 fully saturated rings. The lowest BCUT2D eigenvalue weighted by atomic mass is 10.3. The van der Waals surface area contributed by atoms with Gasteiger partial charge in [-0.1, -0.05) is 23.9 Å². The molecule has 2 rings (SSSR count). The topological polar surface area (TPSA) is 92.5 Å². The molecule has 88 valence electrons. The first kappa shape index (κ1) is 11.5. The van der Waals surface area contributed by atoms with Gasteiger partial charge in [0.25, 0.3) is 0 Å². The van der Waals surface area contributed by atoms with Crippen LogP contribution in [0, 0.1) is 0 Å². The molecule has 0 aliphatic carbocycles. The zero-order valence-corrected chi connectivity index (χ0v) is 9.74. The van der Waals surface area contributed by atoms with E-state index in [1.54, 1.807) is 24.3 Å². The van der Waals surface area contributed by atoms with Gasteiger partial charge in [-0.2, -0.15) is 0 Å². The van der Waals surface area contributed by atoms with Crippen LogP contribution in [0.1, 0.15) is 0 Å². The Labute approximate surface area is 103 Å². The van der Waals surface area contributed by atoms with E-state index >= 15 is 0 Å². The zero-order chi connectivity index (χ0) is 12.4. The zero-order valence-electron chi connectivity index (χ0n) is 8.92. The molecule has 0 saturated heterocycles. The van der Waals surface area contributed by atoms with Gasteiger partial charge in [-0.25, -0.2) is 0 Å². The number of aromatic hydroxyl groups is 2. The van der Waals surface area contributed by atoms with E-state index in [4.69, 9.17) is 11.5 Å². The number of anilines is 2. The van der Waals surface area contributed by atoms with E-state index < -0.39 is 0 Å². The Bertz CT molecular complexity index is 509. The molecule has 17 heavy (non-hydrogen) atoms. The van der Waals surface area contributed by atoms with E-state index in [-0.39, 0.29) is 11.5 Å². The van der Waals surface area contributed by atoms with Crippen LogP contribution in [0.4, 0.5) is 11.4 Å². The minimum Gasteiger partial charge on any atom is -0.506 e. The second-order valence-electron chi connectivity index (χ2n) is 3.48. The molecule has 0 heterocycles. The third-order valence-electron chi connectivity index (χ3n) is 2.31. The van der Waals surface area contributed by atoms with E-state index in [2.05, 4.69) is 0 Å². The van der Waals surface area contributed by atoms with Gasteiger partial charge in [0.05, 0.1) is 11.4 Å². The lowest BCUT2D eigenvalue weighted by molar-refractivity contribution is 0.476. The van der Waals surface area contributed by atoms with E-state index in [1.807, 2.05) is 0 Å². The van der Waals surface area contributed by atoms with Crippen molar-refractivity contribution in [2.24, 2.45) is 0 Å². The Kier molecular flexibility index (Phi) is 3.01. The van der Waals surface area contributed by atoms with Crippen LogP contribution in [0.3, 0.4) is 0 Å². The minimum absolute atomic E-state index is 0.0359. The van der Waals surface area contributed by atoms with Crippen molar-refractivity contribution in [2.75, 3.05) is 11.5 Å². The molecule has 2 aromatic carbocycles. The Balaban J connectivity index is 2.38. The smallest absolute Gasteiger partial charge is 0.139 e. The quantitative estimate of drug-likeness (QED) is 0.484. The molecule has 0 radical (unpaired) electrons. The Hall–Kier alpha value is -2.01. The molecule has 0 amide bonds. The summed E-state index contributed by atoms with van der Waals surface area (Å²) in [6, 6.07) is 10.0. The van der Waals surface area contributed by atoms with Crippen LogP contribution in [0.25, 0.3) is 0 Å². The molecule has 0 unspecified atom stereocenters. The number of para-hydroxylation sites is 2. The van der Waals surface area contributed by atoms with Crippen molar-refractivity contribution >= 4 is 23.1 Å². The highest BCUT2D eigenvalue weighted by atomic mass is 32.2. The van der Waals surface area contributed by atoms with Crippen LogP contribution in [0.15, 0.2) is 46.2 Å². The molecule has 4 nitrogen and oxygen atoms in total. The molecule has 5 heteroatoms. The fourth-order valence-corrected chi connectivity index (χ4v) is 2.32. The molecule has 2 aromatic rings. The van der Waals surface area contributed by atoms with Crippen LogP contribution in [-0.4, -0.2) is 10.2 Å². The van der Waals surface area contributed by atoms with Gasteiger partial charge in [-0.05, 0) is 24.3 Å². The lowest BCUT2D eigenvalue weighted by Crippen LogP contribution is -1.91. The normalized spacial score (nSPS) is 10.4. The van der Waals surface area contributed by atoms with E-state index in [9.17, 15) is 10.2 Å². The van der Waals surface area contributed by atoms with Gasteiger partial charge in [0.15, 0.2) is 0 Å². The third kappa shape index (κ3) is 2.24. The molecule has 0 aromatic heterocycles. The van der Waals surface area contributed by atoms with Gasteiger partial charge in [0.2, 0.25) is 0 Å². The maximum absolute atomic E-state index is 9.48. The first-order chi connectivity index (χ1) is 8.09. The number of benzene rings is 2. The Morgan fingerprint density at radius 3 is 1.59 bits per heavy atom. The summed E-state index contributed by atoms with van der Waals surface area (Å²) in [6.07, 6.45) is 0. The number of nitrogen functional groups attached to an aromatic ring is 2. The highest BCUT2D eigenvalue weighted by Gasteiger charge is 2.09. The summed E-state index contributed by atoms with van der Waals surface area (Å²) >= 11 is 1.30. The third-order valence-corrected chi connectivity index (χ3v) is 3.46. The minimum atomic E-state index is 0.0359. The summed E-state index contributed by atoms with van der Waals surface area (Å²) < 4.78 is 0. The van der Waals surface area contributed by atoms with Crippen molar-refractivity contribution in [3.63, 3.8) is 0 Å². The standard InChI is InChI=1S/C12H12N2O2S/c13-11-7(15)3-1-5-9(11)17-10-6-2-4-8(16)12(10)14/h1-6,15-16H,13-14H2. The van der Waals surface area contributed by atoms with Crippen molar-refractivity contribution < 1.29 is 10.2 Å². The van der Waals surface area contributed by atoms with Crippen LogP contribution < -0.4 is 11.5 Å². The molecule has 0 bridgehead atoms. The monoisotopic (exact) mass is 248 g/mol. The van der Waals surface area contributed by atoms with E-state index in [1.165, 1.54) is 23.9 Å². The van der Waals surface area contributed by atoms with Crippen LogP contribution >= 0.6 is 11.8 Å². The van der Waals surface area contributed by atoms with Crippen LogP contribution in [-0.2, 0) is 0 Å². The van der Waals surface area contributed by atoms with Crippen molar-refractivity contribution in [2.45, 2.75) is 9.79 Å². The summed E-state index contributed by atoms with van der Waals surface area (Å²) in [4.78, 5) is 1.39. The van der Waals surface area contributed by atoms with Gasteiger partial charge in [0, 0.05) is 9.79 Å². The van der Waals surface area contributed by atoms with Gasteiger partial charge >= 0.3 is 0 Å². The molecule has 0 saturated carbocycles. The molecule has 0 aliphatic rings. The number of nitrogens with two attached hydrogens (primary N) is 2. The van der Waals surface area contributed by atoms with Gasteiger partial charge < -0.3 is 21.7 Å². The van der Waals surface area contributed by atoms with Crippen LogP contribution in [0.5, 0.6) is 11.5 Å². The van der Waals surface area contributed by atoms with Crippen molar-refractivity contribution in [3.8, 4) is 11.5 Å². The van der Waals surface area contributed by atoms with E-state index in [0.29, 0.717) is 21.2 Å². The molecular formula is C12H12N2O2S. The Morgan fingerprint density at radius 2 is 1.18 bits per heavy atom. The molecule has 0 atom stereocenters. The molecule has 0 spiro atoms. The van der Waals surface area contributed by atoms with Crippen molar-refractivity contribution in [3.05, 3.63) is 36.4 Å². The van der Waals surface area contributed by atoms with E-state index in [0.717, 1.165) is 0 Å². The highest BCUT2D eigenvalue weighted by molar-refractivity contribution is 7.99. The highest BCUT2D eigenvalue weighted by Crippen LogP contribution is 2.40. The SMILES string of the molecule is Nc1c(O)cccc1Sc1cccc(O)c1N. The van der Waals surface area contributed by atoms with Gasteiger partial charge in [-0.3, -0.25) is 0 Å². The first-order valence-corrected chi connectivity index (χ1v) is 5.74. The largest absolute Gasteiger partial charge is 0.506 e. The molecule has 6 N–H and O–H groups in total. The predicted molar refractivity (Wildman–Crippen MR) is 69.2 cm³/mol. The maximum Gasteiger partial charge on any atom is 0.139 e. The maximum atomic E-state index is 9.48. The lowest BCUT2D eigenvalue weighted by Gasteiger charge is -2.09. The first-order valence-electron chi connectivity index (χ1n) is 4.92. The summed E-state index contributed by atoms with van der Waals surface area (Å²) in [5.74, 6) is 0.0717. The van der Waals surface area contributed by atoms with Gasteiger partial charge in [0.1, 0.15) is 11.5 Å². The van der Waals surface area contributed by atoms with Crippen molar-refractivity contribution in [1.82, 2.24) is 0 Å².